The minimum absolute atomic E-state index is 0.206. The van der Waals surface area contributed by atoms with Crippen LogP contribution >= 0.6 is 0 Å². The molecular formula is C8H9N5O2. The number of nitrogens with one attached hydrogen (secondary N) is 2. The molecule has 1 aromatic heterocycles. The van der Waals surface area contributed by atoms with E-state index in [1.807, 2.05) is 12.3 Å². The van der Waals surface area contributed by atoms with Gasteiger partial charge in [0.1, 0.15) is 0 Å². The van der Waals surface area contributed by atoms with Gasteiger partial charge in [0.2, 0.25) is 5.96 Å². The zero-order valence-electron chi connectivity index (χ0n) is 7.80. The largest absolute Gasteiger partial charge is 0.316 e. The molecule has 1 aromatic rings. The van der Waals surface area contributed by atoms with Crippen molar-refractivity contribution in [1.29, 1.82) is 0 Å². The van der Waals surface area contributed by atoms with Gasteiger partial charge in [-0.05, 0) is 6.07 Å². The summed E-state index contributed by atoms with van der Waals surface area (Å²) in [6, 6.07) is 1.81. The van der Waals surface area contributed by atoms with Crippen LogP contribution in [0.5, 0.6) is 0 Å². The number of guanidine groups is 1. The quantitative estimate of drug-likeness (QED) is 0.590. The Morgan fingerprint density at radius 2 is 2.07 bits per heavy atom. The summed E-state index contributed by atoms with van der Waals surface area (Å²) in [6.45, 7) is 1.04. The Morgan fingerprint density at radius 3 is 2.67 bits per heavy atom. The second-order valence-electron chi connectivity index (χ2n) is 2.91. The molecule has 2 rings (SSSR count). The van der Waals surface area contributed by atoms with Crippen LogP contribution in [-0.2, 0) is 16.1 Å². The summed E-state index contributed by atoms with van der Waals surface area (Å²) >= 11 is 0. The molecule has 0 atom stereocenters. The first-order chi connectivity index (χ1) is 7.25. The Bertz CT molecular complexity index is 391. The third-order valence-electron chi connectivity index (χ3n) is 1.83. The van der Waals surface area contributed by atoms with Gasteiger partial charge in [-0.2, -0.15) is 5.10 Å². The molecule has 2 heterocycles. The number of amides is 2. The van der Waals surface area contributed by atoms with Crippen molar-refractivity contribution < 1.29 is 9.59 Å². The van der Waals surface area contributed by atoms with Crippen LogP contribution in [0.1, 0.15) is 0 Å². The fraction of sp³-hybridized carbons (Fsp3) is 0.250. The molecule has 15 heavy (non-hydrogen) atoms. The molecule has 7 nitrogen and oxygen atoms in total. The average Bonchev–Trinajstić information content (AvgIpc) is 2.79. The van der Waals surface area contributed by atoms with Gasteiger partial charge < -0.3 is 0 Å². The predicted octanol–water partition coefficient (Wildman–Crippen LogP) is -1.51. The summed E-state index contributed by atoms with van der Waals surface area (Å²) in [5.74, 6) is -1.14. The number of aromatic nitrogens is 2. The molecule has 1 fully saturated rings. The third kappa shape index (κ3) is 2.19. The molecule has 0 aliphatic carbocycles. The van der Waals surface area contributed by atoms with E-state index in [-0.39, 0.29) is 5.96 Å². The third-order valence-corrected chi connectivity index (χ3v) is 1.83. The fourth-order valence-corrected chi connectivity index (χ4v) is 1.14. The van der Waals surface area contributed by atoms with E-state index in [0.29, 0.717) is 13.1 Å². The van der Waals surface area contributed by atoms with Crippen molar-refractivity contribution in [2.75, 3.05) is 6.54 Å². The van der Waals surface area contributed by atoms with E-state index in [1.165, 1.54) is 0 Å². The highest BCUT2D eigenvalue weighted by Crippen LogP contribution is 1.87. The standard InChI is InChI=1S/C8H9N5O2/c14-6-7(15)12-8(11-6)9-3-5-13-4-1-2-10-13/h1-2,4H,3,5H2,(H2,9,11,12,14,15). The zero-order chi connectivity index (χ0) is 10.7. The number of carbonyl (C=O) groups excluding carboxylic acids is 2. The number of rotatable bonds is 3. The van der Waals surface area contributed by atoms with Crippen molar-refractivity contribution in [3.8, 4) is 0 Å². The van der Waals surface area contributed by atoms with Crippen LogP contribution in [0, 0.1) is 0 Å². The van der Waals surface area contributed by atoms with E-state index in [0.717, 1.165) is 0 Å². The average molecular weight is 207 g/mol. The molecule has 1 aliphatic heterocycles. The van der Waals surface area contributed by atoms with Crippen molar-refractivity contribution in [2.24, 2.45) is 4.99 Å². The van der Waals surface area contributed by atoms with Crippen molar-refractivity contribution in [2.45, 2.75) is 6.54 Å². The Morgan fingerprint density at radius 1 is 1.33 bits per heavy atom. The van der Waals surface area contributed by atoms with E-state index in [4.69, 9.17) is 0 Å². The van der Waals surface area contributed by atoms with Crippen molar-refractivity contribution in [3.05, 3.63) is 18.5 Å². The highest BCUT2D eigenvalue weighted by molar-refractivity contribution is 6.45. The predicted molar refractivity (Wildman–Crippen MR) is 50.8 cm³/mol. The molecule has 7 heteroatoms. The van der Waals surface area contributed by atoms with Crippen LogP contribution in [0.25, 0.3) is 0 Å². The molecule has 0 bridgehead atoms. The highest BCUT2D eigenvalue weighted by atomic mass is 16.2. The number of hydrogen-bond acceptors (Lipinski definition) is 4. The number of carbonyl (C=O) groups is 2. The van der Waals surface area contributed by atoms with Crippen LogP contribution < -0.4 is 10.6 Å². The SMILES string of the molecule is O=C1NC(=NCCn2cccn2)NC1=O. The van der Waals surface area contributed by atoms with Crippen molar-refractivity contribution in [3.63, 3.8) is 0 Å². The van der Waals surface area contributed by atoms with Gasteiger partial charge >= 0.3 is 11.8 Å². The molecule has 0 saturated carbocycles. The molecule has 0 unspecified atom stereocenters. The maximum atomic E-state index is 10.8. The van der Waals surface area contributed by atoms with Gasteiger partial charge in [-0.25, -0.2) is 0 Å². The van der Waals surface area contributed by atoms with Gasteiger partial charge in [0.15, 0.2) is 0 Å². The maximum Gasteiger partial charge on any atom is 0.316 e. The van der Waals surface area contributed by atoms with E-state index in [2.05, 4.69) is 20.7 Å². The Balaban J connectivity index is 1.85. The highest BCUT2D eigenvalue weighted by Gasteiger charge is 2.24. The molecule has 2 amide bonds. The summed E-state index contributed by atoms with van der Waals surface area (Å²) in [5, 5.41) is 8.59. The molecule has 2 N–H and O–H groups in total. The lowest BCUT2D eigenvalue weighted by molar-refractivity contribution is -0.135. The zero-order valence-corrected chi connectivity index (χ0v) is 7.80. The van der Waals surface area contributed by atoms with Gasteiger partial charge in [0.25, 0.3) is 0 Å². The summed E-state index contributed by atoms with van der Waals surface area (Å²) < 4.78 is 1.71. The minimum atomic E-state index is -0.673. The lowest BCUT2D eigenvalue weighted by Gasteiger charge is -1.98. The van der Waals surface area contributed by atoms with E-state index in [1.54, 1.807) is 10.9 Å². The van der Waals surface area contributed by atoms with Crippen LogP contribution in [-0.4, -0.2) is 34.1 Å². The second kappa shape index (κ2) is 3.91. The first-order valence-electron chi connectivity index (χ1n) is 4.40. The smallest absolute Gasteiger partial charge is 0.288 e. The van der Waals surface area contributed by atoms with Gasteiger partial charge in [-0.1, -0.05) is 0 Å². The van der Waals surface area contributed by atoms with Crippen molar-refractivity contribution in [1.82, 2.24) is 20.4 Å². The van der Waals surface area contributed by atoms with Crippen molar-refractivity contribution >= 4 is 17.8 Å². The van der Waals surface area contributed by atoms with Crippen LogP contribution in [0.2, 0.25) is 0 Å². The Kier molecular flexibility index (Phi) is 2.44. The summed E-state index contributed by atoms with van der Waals surface area (Å²) in [5.41, 5.74) is 0. The van der Waals surface area contributed by atoms with Gasteiger partial charge in [0, 0.05) is 12.4 Å². The van der Waals surface area contributed by atoms with Gasteiger partial charge in [-0.15, -0.1) is 0 Å². The summed E-state index contributed by atoms with van der Waals surface area (Å²) in [7, 11) is 0. The summed E-state index contributed by atoms with van der Waals surface area (Å²) in [6.07, 6.45) is 3.48. The monoisotopic (exact) mass is 207 g/mol. The number of hydrogen-bond donors (Lipinski definition) is 2. The van der Waals surface area contributed by atoms with E-state index >= 15 is 0 Å². The molecular weight excluding hydrogens is 198 g/mol. The topological polar surface area (TPSA) is 88.4 Å². The molecule has 1 aliphatic rings. The maximum absolute atomic E-state index is 10.8. The lowest BCUT2D eigenvalue weighted by atomic mass is 10.6. The molecule has 0 spiro atoms. The number of nitrogens with zero attached hydrogens (tertiary/aromatic N) is 3. The van der Waals surface area contributed by atoms with Gasteiger partial charge in [-0.3, -0.25) is 29.9 Å². The Labute approximate surface area is 85.2 Å². The molecule has 1 saturated heterocycles. The lowest BCUT2D eigenvalue weighted by Crippen LogP contribution is -2.26. The van der Waals surface area contributed by atoms with Gasteiger partial charge in [0.05, 0.1) is 13.1 Å². The van der Waals surface area contributed by atoms with Crippen LogP contribution in [0.3, 0.4) is 0 Å². The second-order valence-corrected chi connectivity index (χ2v) is 2.91. The number of aliphatic imine (C=N–C) groups is 1. The fourth-order valence-electron chi connectivity index (χ4n) is 1.14. The molecule has 0 radical (unpaired) electrons. The normalized spacial score (nSPS) is 15.1. The summed E-state index contributed by atoms with van der Waals surface area (Å²) in [4.78, 5) is 25.5. The van der Waals surface area contributed by atoms with E-state index in [9.17, 15) is 9.59 Å². The van der Waals surface area contributed by atoms with Crippen LogP contribution in [0.15, 0.2) is 23.5 Å². The minimum Gasteiger partial charge on any atom is -0.288 e. The molecule has 78 valence electrons. The molecule has 0 aromatic carbocycles. The van der Waals surface area contributed by atoms with Crippen LogP contribution in [0.4, 0.5) is 0 Å². The van der Waals surface area contributed by atoms with E-state index < -0.39 is 11.8 Å². The Hall–Kier alpha value is -2.18. The first-order valence-corrected chi connectivity index (χ1v) is 4.40. The first kappa shape index (κ1) is 9.38.